The van der Waals surface area contributed by atoms with Crippen LogP contribution in [0.4, 0.5) is 0 Å². The average Bonchev–Trinajstić information content (AvgIpc) is 3.00. The Morgan fingerprint density at radius 3 is 2.58 bits per heavy atom. The summed E-state index contributed by atoms with van der Waals surface area (Å²) < 4.78 is 5.70. The third kappa shape index (κ3) is 3.19. The van der Waals surface area contributed by atoms with Crippen LogP contribution in [0.15, 0.2) is 52.9 Å². The predicted molar refractivity (Wildman–Crippen MR) is 94.0 cm³/mol. The average molecular weight is 323 g/mol. The molecule has 0 saturated carbocycles. The second kappa shape index (κ2) is 6.13. The number of carbonyl (C=O) groups is 1. The van der Waals surface area contributed by atoms with Crippen LogP contribution in [0.3, 0.4) is 0 Å². The van der Waals surface area contributed by atoms with E-state index in [1.165, 1.54) is 0 Å². The minimum absolute atomic E-state index is 0.0680. The van der Waals surface area contributed by atoms with E-state index in [-0.39, 0.29) is 12.5 Å². The van der Waals surface area contributed by atoms with Gasteiger partial charge >= 0.3 is 0 Å². The third-order valence-electron chi connectivity index (χ3n) is 4.32. The monoisotopic (exact) mass is 323 g/mol. The lowest BCUT2D eigenvalue weighted by atomic mass is 10.0. The number of para-hydroxylation sites is 1. The summed E-state index contributed by atoms with van der Waals surface area (Å²) in [5.74, 6) is 0.221. The van der Waals surface area contributed by atoms with Crippen LogP contribution in [0.2, 0.25) is 0 Å². The number of furan rings is 1. The summed E-state index contributed by atoms with van der Waals surface area (Å²) >= 11 is 0. The standard InChI is InChI=1S/C20H21NO3/c1-13-8-9-16(10-14(13)2)19(22)21-12-20(3,23)18-11-15-6-4-5-7-17(15)24-18/h4-11,23H,12H2,1-3H3,(H,21,22). The summed E-state index contributed by atoms with van der Waals surface area (Å²) in [6.45, 7) is 5.67. The van der Waals surface area contributed by atoms with E-state index < -0.39 is 5.60 Å². The van der Waals surface area contributed by atoms with Gasteiger partial charge in [-0.05, 0) is 56.2 Å². The lowest BCUT2D eigenvalue weighted by molar-refractivity contribution is 0.0344. The number of carbonyl (C=O) groups excluding carboxylic acids is 1. The SMILES string of the molecule is Cc1ccc(C(=O)NCC(C)(O)c2cc3ccccc3o2)cc1C. The zero-order valence-electron chi connectivity index (χ0n) is 14.1. The van der Waals surface area contributed by atoms with Crippen LogP contribution in [0.25, 0.3) is 11.0 Å². The highest BCUT2D eigenvalue weighted by atomic mass is 16.4. The van der Waals surface area contributed by atoms with Gasteiger partial charge in [0.25, 0.3) is 5.91 Å². The van der Waals surface area contributed by atoms with E-state index in [0.29, 0.717) is 16.9 Å². The molecule has 1 atom stereocenters. The van der Waals surface area contributed by atoms with E-state index in [0.717, 1.165) is 16.5 Å². The molecule has 1 amide bonds. The fourth-order valence-electron chi connectivity index (χ4n) is 2.57. The Morgan fingerprint density at radius 1 is 1.12 bits per heavy atom. The largest absolute Gasteiger partial charge is 0.458 e. The molecule has 0 aliphatic heterocycles. The van der Waals surface area contributed by atoms with Gasteiger partial charge in [0.15, 0.2) is 0 Å². The highest BCUT2D eigenvalue weighted by Crippen LogP contribution is 2.27. The quantitative estimate of drug-likeness (QED) is 0.770. The number of rotatable bonds is 4. The molecule has 2 aromatic carbocycles. The number of amides is 1. The maximum absolute atomic E-state index is 12.3. The van der Waals surface area contributed by atoms with Crippen molar-refractivity contribution in [1.29, 1.82) is 0 Å². The Hall–Kier alpha value is -2.59. The Morgan fingerprint density at radius 2 is 1.88 bits per heavy atom. The van der Waals surface area contributed by atoms with Gasteiger partial charge in [-0.15, -0.1) is 0 Å². The second-order valence-electron chi connectivity index (χ2n) is 6.40. The van der Waals surface area contributed by atoms with Gasteiger partial charge in [-0.2, -0.15) is 0 Å². The smallest absolute Gasteiger partial charge is 0.251 e. The van der Waals surface area contributed by atoms with E-state index in [4.69, 9.17) is 4.42 Å². The number of fused-ring (bicyclic) bond motifs is 1. The number of benzene rings is 2. The van der Waals surface area contributed by atoms with Crippen molar-refractivity contribution in [3.8, 4) is 0 Å². The Bertz CT molecular complexity index is 860. The molecule has 0 spiro atoms. The molecule has 3 aromatic rings. The lowest BCUT2D eigenvalue weighted by Gasteiger charge is -2.21. The van der Waals surface area contributed by atoms with Crippen molar-refractivity contribution in [2.45, 2.75) is 26.4 Å². The number of aliphatic hydroxyl groups is 1. The molecule has 24 heavy (non-hydrogen) atoms. The molecule has 1 aromatic heterocycles. The number of hydrogen-bond donors (Lipinski definition) is 2. The molecular formula is C20H21NO3. The molecule has 1 heterocycles. The van der Waals surface area contributed by atoms with E-state index >= 15 is 0 Å². The molecule has 2 N–H and O–H groups in total. The summed E-state index contributed by atoms with van der Waals surface area (Å²) in [7, 11) is 0. The van der Waals surface area contributed by atoms with Crippen LogP contribution in [0.5, 0.6) is 0 Å². The highest BCUT2D eigenvalue weighted by Gasteiger charge is 2.28. The minimum atomic E-state index is -1.28. The molecule has 0 aliphatic carbocycles. The fraction of sp³-hybridized carbons (Fsp3) is 0.250. The van der Waals surface area contributed by atoms with E-state index in [1.54, 1.807) is 19.1 Å². The Labute approximate surface area is 141 Å². The van der Waals surface area contributed by atoms with E-state index in [2.05, 4.69) is 5.32 Å². The first-order valence-corrected chi connectivity index (χ1v) is 7.94. The number of hydrogen-bond acceptors (Lipinski definition) is 3. The summed E-state index contributed by atoms with van der Waals surface area (Å²) in [4.78, 5) is 12.3. The zero-order chi connectivity index (χ0) is 17.3. The van der Waals surface area contributed by atoms with Crippen LogP contribution >= 0.6 is 0 Å². The first-order chi connectivity index (χ1) is 11.4. The van der Waals surface area contributed by atoms with E-state index in [9.17, 15) is 9.90 Å². The van der Waals surface area contributed by atoms with Crippen molar-refractivity contribution in [1.82, 2.24) is 5.32 Å². The fourth-order valence-corrected chi connectivity index (χ4v) is 2.57. The van der Waals surface area contributed by atoms with Gasteiger partial charge in [0.05, 0.1) is 6.54 Å². The van der Waals surface area contributed by atoms with Crippen molar-refractivity contribution >= 4 is 16.9 Å². The van der Waals surface area contributed by atoms with Crippen molar-refractivity contribution < 1.29 is 14.3 Å². The van der Waals surface area contributed by atoms with E-state index in [1.807, 2.05) is 50.2 Å². The normalized spacial score (nSPS) is 13.7. The van der Waals surface area contributed by atoms with Crippen molar-refractivity contribution in [2.24, 2.45) is 0 Å². The maximum Gasteiger partial charge on any atom is 0.251 e. The molecule has 0 aliphatic rings. The lowest BCUT2D eigenvalue weighted by Crippen LogP contribution is -2.38. The Balaban J connectivity index is 1.74. The first kappa shape index (κ1) is 16.3. The molecular weight excluding hydrogens is 302 g/mol. The van der Waals surface area contributed by atoms with Gasteiger partial charge in [0.1, 0.15) is 16.9 Å². The van der Waals surface area contributed by atoms with Gasteiger partial charge in [-0.1, -0.05) is 24.3 Å². The highest BCUT2D eigenvalue weighted by molar-refractivity contribution is 5.94. The summed E-state index contributed by atoms with van der Waals surface area (Å²) in [6.07, 6.45) is 0. The van der Waals surface area contributed by atoms with Crippen LogP contribution in [-0.2, 0) is 5.60 Å². The second-order valence-corrected chi connectivity index (χ2v) is 6.40. The van der Waals surface area contributed by atoms with Crippen molar-refractivity contribution in [3.05, 3.63) is 71.0 Å². The number of aryl methyl sites for hydroxylation is 2. The van der Waals surface area contributed by atoms with Crippen LogP contribution in [0.1, 0.15) is 34.2 Å². The Kier molecular flexibility index (Phi) is 4.16. The van der Waals surface area contributed by atoms with Crippen molar-refractivity contribution in [2.75, 3.05) is 6.54 Å². The number of nitrogens with one attached hydrogen (secondary N) is 1. The molecule has 0 fully saturated rings. The van der Waals surface area contributed by atoms with Crippen LogP contribution in [-0.4, -0.2) is 17.6 Å². The van der Waals surface area contributed by atoms with Crippen LogP contribution < -0.4 is 5.32 Å². The van der Waals surface area contributed by atoms with Gasteiger partial charge in [-0.3, -0.25) is 4.79 Å². The summed E-state index contributed by atoms with van der Waals surface area (Å²) in [5, 5.41) is 14.4. The molecule has 4 nitrogen and oxygen atoms in total. The molecule has 0 saturated heterocycles. The minimum Gasteiger partial charge on any atom is -0.458 e. The van der Waals surface area contributed by atoms with Crippen molar-refractivity contribution in [3.63, 3.8) is 0 Å². The topological polar surface area (TPSA) is 62.5 Å². The molecule has 124 valence electrons. The first-order valence-electron chi connectivity index (χ1n) is 7.94. The van der Waals surface area contributed by atoms with Crippen LogP contribution in [0, 0.1) is 13.8 Å². The molecule has 3 rings (SSSR count). The zero-order valence-corrected chi connectivity index (χ0v) is 14.1. The molecule has 4 heteroatoms. The van der Waals surface area contributed by atoms with Gasteiger partial charge < -0.3 is 14.8 Å². The predicted octanol–water partition coefficient (Wildman–Crippen LogP) is 3.69. The maximum atomic E-state index is 12.3. The molecule has 1 unspecified atom stereocenters. The molecule has 0 bridgehead atoms. The third-order valence-corrected chi connectivity index (χ3v) is 4.32. The van der Waals surface area contributed by atoms with Gasteiger partial charge in [-0.25, -0.2) is 0 Å². The van der Waals surface area contributed by atoms with Gasteiger partial charge in [0.2, 0.25) is 0 Å². The summed E-state index contributed by atoms with van der Waals surface area (Å²) in [6, 6.07) is 14.9. The van der Waals surface area contributed by atoms with Gasteiger partial charge in [0, 0.05) is 10.9 Å². The molecule has 0 radical (unpaired) electrons. The summed E-state index contributed by atoms with van der Waals surface area (Å²) in [5.41, 5.74) is 2.22.